The van der Waals surface area contributed by atoms with Gasteiger partial charge in [-0.25, -0.2) is 13.2 Å². The molecule has 1 fully saturated rings. The Hall–Kier alpha value is -2.94. The summed E-state index contributed by atoms with van der Waals surface area (Å²) in [5, 5.41) is 9.64. The fourth-order valence-corrected chi connectivity index (χ4v) is 4.01. The third-order valence-electron chi connectivity index (χ3n) is 4.93. The van der Waals surface area contributed by atoms with Crippen LogP contribution in [-0.2, 0) is 10.0 Å². The topological polar surface area (TPSA) is 99.2 Å². The molecule has 156 valence electrons. The van der Waals surface area contributed by atoms with Crippen LogP contribution in [0.5, 0.6) is 5.75 Å². The highest BCUT2D eigenvalue weighted by Crippen LogP contribution is 2.31. The highest BCUT2D eigenvalue weighted by Gasteiger charge is 2.23. The van der Waals surface area contributed by atoms with E-state index in [1.54, 1.807) is 19.2 Å². The lowest BCUT2D eigenvalue weighted by molar-refractivity contribution is 0.0697. The molecule has 0 unspecified atom stereocenters. The summed E-state index contributed by atoms with van der Waals surface area (Å²) in [4.78, 5) is 16.0. The third kappa shape index (κ3) is 4.73. The van der Waals surface area contributed by atoms with Crippen molar-refractivity contribution in [2.45, 2.75) is 6.92 Å². The number of carboxylic acids is 1. The monoisotopic (exact) mass is 419 g/mol. The average molecular weight is 420 g/mol. The average Bonchev–Trinajstić information content (AvgIpc) is 2.73. The Labute approximate surface area is 170 Å². The number of anilines is 3. The summed E-state index contributed by atoms with van der Waals surface area (Å²) in [5.74, 6) is -0.369. The van der Waals surface area contributed by atoms with Gasteiger partial charge in [-0.3, -0.25) is 4.72 Å². The molecular formula is C20H25N3O5S. The van der Waals surface area contributed by atoms with Gasteiger partial charge >= 0.3 is 5.97 Å². The first-order valence-corrected chi connectivity index (χ1v) is 11.0. The van der Waals surface area contributed by atoms with Crippen LogP contribution >= 0.6 is 0 Å². The van der Waals surface area contributed by atoms with Gasteiger partial charge in [0.05, 0.1) is 29.8 Å². The normalized spacial score (nSPS) is 14.6. The molecule has 8 nitrogen and oxygen atoms in total. The summed E-state index contributed by atoms with van der Waals surface area (Å²) < 4.78 is 31.4. The van der Waals surface area contributed by atoms with Crippen molar-refractivity contribution in [1.29, 1.82) is 0 Å². The summed E-state index contributed by atoms with van der Waals surface area (Å²) in [6.45, 7) is 4.22. The number of aromatic carboxylic acids is 1. The number of benzene rings is 2. The van der Waals surface area contributed by atoms with Crippen molar-refractivity contribution in [3.05, 3.63) is 48.0 Å². The maximum Gasteiger partial charge on any atom is 0.337 e. The largest absolute Gasteiger partial charge is 0.495 e. The molecule has 1 heterocycles. The lowest BCUT2D eigenvalue weighted by Gasteiger charge is -2.38. The zero-order valence-corrected chi connectivity index (χ0v) is 17.3. The van der Waals surface area contributed by atoms with Crippen LogP contribution in [0.3, 0.4) is 0 Å². The Morgan fingerprint density at radius 3 is 2.28 bits per heavy atom. The third-order valence-corrected chi connectivity index (χ3v) is 6.23. The Bertz CT molecular complexity index is 985. The summed E-state index contributed by atoms with van der Waals surface area (Å²) >= 11 is 0. The first kappa shape index (κ1) is 20.8. The second-order valence-corrected chi connectivity index (χ2v) is 8.70. The smallest absolute Gasteiger partial charge is 0.337 e. The zero-order chi connectivity index (χ0) is 21.0. The Balaban J connectivity index is 1.78. The molecule has 0 amide bonds. The van der Waals surface area contributed by atoms with Gasteiger partial charge in [0, 0.05) is 31.9 Å². The lowest BCUT2D eigenvalue weighted by Crippen LogP contribution is -2.47. The molecule has 0 bridgehead atoms. The number of ether oxygens (including phenoxy) is 1. The Kier molecular flexibility index (Phi) is 6.17. The highest BCUT2D eigenvalue weighted by atomic mass is 32.2. The van der Waals surface area contributed by atoms with Crippen LogP contribution < -0.4 is 19.3 Å². The molecule has 29 heavy (non-hydrogen) atoms. The van der Waals surface area contributed by atoms with Gasteiger partial charge in [0.25, 0.3) is 0 Å². The summed E-state index contributed by atoms with van der Waals surface area (Å²) in [6.07, 6.45) is 0. The maximum atomic E-state index is 11.8. The molecule has 1 aliphatic heterocycles. The van der Waals surface area contributed by atoms with Gasteiger partial charge < -0.3 is 19.6 Å². The predicted octanol–water partition coefficient (Wildman–Crippen LogP) is 2.48. The number of methoxy groups -OCH3 is 1. The number of carboxylic acid groups (broad SMARTS) is 1. The maximum absolute atomic E-state index is 11.8. The molecular weight excluding hydrogens is 394 g/mol. The fourth-order valence-electron chi connectivity index (χ4n) is 3.38. The van der Waals surface area contributed by atoms with Gasteiger partial charge in [-0.15, -0.1) is 0 Å². The molecule has 0 spiro atoms. The molecule has 2 aromatic carbocycles. The minimum atomic E-state index is -3.47. The molecule has 0 radical (unpaired) electrons. The summed E-state index contributed by atoms with van der Waals surface area (Å²) in [7, 11) is -1.83. The SMILES string of the molecule is CCS(=O)(=O)Nc1ccc(N2CCN(c3ccccc3OC)CC2)c(C(=O)O)c1. The van der Waals surface area contributed by atoms with Gasteiger partial charge in [-0.05, 0) is 37.3 Å². The van der Waals surface area contributed by atoms with E-state index in [1.807, 2.05) is 29.2 Å². The first-order chi connectivity index (χ1) is 13.8. The van der Waals surface area contributed by atoms with Crippen LogP contribution in [-0.4, -0.2) is 58.5 Å². The number of rotatable bonds is 7. The number of piperazine rings is 1. The van der Waals surface area contributed by atoms with E-state index in [-0.39, 0.29) is 17.0 Å². The van der Waals surface area contributed by atoms with E-state index in [4.69, 9.17) is 4.74 Å². The van der Waals surface area contributed by atoms with Gasteiger partial charge in [-0.1, -0.05) is 12.1 Å². The molecule has 0 atom stereocenters. The molecule has 2 aromatic rings. The van der Waals surface area contributed by atoms with Crippen molar-refractivity contribution < 1.29 is 23.1 Å². The number of hydrogen-bond acceptors (Lipinski definition) is 6. The second-order valence-electron chi connectivity index (χ2n) is 6.69. The quantitative estimate of drug-likeness (QED) is 0.711. The molecule has 1 saturated heterocycles. The molecule has 0 aliphatic carbocycles. The van der Waals surface area contributed by atoms with Crippen LogP contribution in [0.1, 0.15) is 17.3 Å². The number of nitrogens with zero attached hydrogens (tertiary/aromatic N) is 2. The fraction of sp³-hybridized carbons (Fsp3) is 0.350. The molecule has 0 saturated carbocycles. The van der Waals surface area contributed by atoms with Crippen LogP contribution in [0, 0.1) is 0 Å². The van der Waals surface area contributed by atoms with Crippen LogP contribution in [0.4, 0.5) is 17.1 Å². The van der Waals surface area contributed by atoms with E-state index >= 15 is 0 Å². The van der Waals surface area contributed by atoms with E-state index in [1.165, 1.54) is 13.0 Å². The second kappa shape index (κ2) is 8.60. The standard InChI is InChI=1S/C20H25N3O5S/c1-3-29(26,27)21-15-8-9-17(16(14-15)20(24)25)22-10-12-23(13-11-22)18-6-4-5-7-19(18)28-2/h4-9,14,21H,3,10-13H2,1-2H3,(H,24,25). The van der Waals surface area contributed by atoms with Crippen molar-refractivity contribution in [3.63, 3.8) is 0 Å². The van der Waals surface area contributed by atoms with Crippen molar-refractivity contribution >= 4 is 33.1 Å². The van der Waals surface area contributed by atoms with Crippen LogP contribution in [0.2, 0.25) is 0 Å². The molecule has 0 aromatic heterocycles. The number of carbonyl (C=O) groups is 1. The van der Waals surface area contributed by atoms with Crippen molar-refractivity contribution in [2.24, 2.45) is 0 Å². The van der Waals surface area contributed by atoms with Crippen LogP contribution in [0.25, 0.3) is 0 Å². The molecule has 9 heteroatoms. The minimum absolute atomic E-state index is 0.0760. The molecule has 3 rings (SSSR count). The van der Waals surface area contributed by atoms with Crippen molar-refractivity contribution in [1.82, 2.24) is 0 Å². The van der Waals surface area contributed by atoms with Gasteiger partial charge in [0.1, 0.15) is 5.75 Å². The number of nitrogens with one attached hydrogen (secondary N) is 1. The Morgan fingerprint density at radius 2 is 1.69 bits per heavy atom. The minimum Gasteiger partial charge on any atom is -0.495 e. The first-order valence-electron chi connectivity index (χ1n) is 9.35. The van der Waals surface area contributed by atoms with E-state index in [9.17, 15) is 18.3 Å². The number of hydrogen-bond donors (Lipinski definition) is 2. The van der Waals surface area contributed by atoms with E-state index < -0.39 is 16.0 Å². The number of para-hydroxylation sites is 2. The zero-order valence-electron chi connectivity index (χ0n) is 16.5. The number of sulfonamides is 1. The Morgan fingerprint density at radius 1 is 1.07 bits per heavy atom. The van der Waals surface area contributed by atoms with E-state index in [2.05, 4.69) is 9.62 Å². The lowest BCUT2D eigenvalue weighted by atomic mass is 10.1. The molecule has 2 N–H and O–H groups in total. The van der Waals surface area contributed by atoms with Gasteiger partial charge in [0.15, 0.2) is 0 Å². The van der Waals surface area contributed by atoms with Gasteiger partial charge in [-0.2, -0.15) is 0 Å². The van der Waals surface area contributed by atoms with E-state index in [0.717, 1.165) is 11.4 Å². The summed E-state index contributed by atoms with van der Waals surface area (Å²) in [6, 6.07) is 12.4. The predicted molar refractivity (Wildman–Crippen MR) is 114 cm³/mol. The van der Waals surface area contributed by atoms with Crippen molar-refractivity contribution in [2.75, 3.05) is 53.6 Å². The highest BCUT2D eigenvalue weighted by molar-refractivity contribution is 7.92. The van der Waals surface area contributed by atoms with E-state index in [0.29, 0.717) is 31.9 Å². The summed E-state index contributed by atoms with van der Waals surface area (Å²) in [5.41, 5.74) is 1.92. The van der Waals surface area contributed by atoms with Crippen LogP contribution in [0.15, 0.2) is 42.5 Å². The van der Waals surface area contributed by atoms with Crippen molar-refractivity contribution in [3.8, 4) is 5.75 Å². The van der Waals surface area contributed by atoms with Gasteiger partial charge in [0.2, 0.25) is 10.0 Å². The molecule has 1 aliphatic rings.